The Balaban J connectivity index is 2.82. The van der Waals surface area contributed by atoms with Gasteiger partial charge >= 0.3 is 0 Å². The van der Waals surface area contributed by atoms with Crippen molar-refractivity contribution in [3.63, 3.8) is 0 Å². The van der Waals surface area contributed by atoms with E-state index >= 15 is 0 Å². The molecule has 0 bridgehead atoms. The molecule has 0 saturated heterocycles. The molecule has 0 radical (unpaired) electrons. The quantitative estimate of drug-likeness (QED) is 0.796. The summed E-state index contributed by atoms with van der Waals surface area (Å²) in [6.07, 6.45) is 0.631. The van der Waals surface area contributed by atoms with Gasteiger partial charge in [-0.3, -0.25) is 0 Å². The monoisotopic (exact) mass is 212 g/mol. The van der Waals surface area contributed by atoms with Gasteiger partial charge in [0.2, 0.25) is 0 Å². The van der Waals surface area contributed by atoms with Crippen molar-refractivity contribution in [1.29, 1.82) is 0 Å². The van der Waals surface area contributed by atoms with Gasteiger partial charge in [0.1, 0.15) is 0 Å². The summed E-state index contributed by atoms with van der Waals surface area (Å²) in [7, 11) is 1.43. The van der Waals surface area contributed by atoms with Gasteiger partial charge in [0.25, 0.3) is 0 Å². The highest BCUT2D eigenvalue weighted by Gasteiger charge is 2.11. The largest absolute Gasteiger partial charge is 0.494 e. The van der Waals surface area contributed by atoms with E-state index in [1.54, 1.807) is 12.1 Å². The number of halogens is 1. The molecule has 4 heteroatoms. The second-order valence-electron chi connectivity index (χ2n) is 3.71. The molecule has 1 aromatic rings. The first-order valence-electron chi connectivity index (χ1n) is 4.89. The SMILES string of the molecule is COc1ccc(C(N)CC(C)N)cc1F. The van der Waals surface area contributed by atoms with Crippen LogP contribution in [0.2, 0.25) is 0 Å². The summed E-state index contributed by atoms with van der Waals surface area (Å²) in [5, 5.41) is 0. The van der Waals surface area contributed by atoms with Gasteiger partial charge < -0.3 is 16.2 Å². The molecule has 2 atom stereocenters. The van der Waals surface area contributed by atoms with Crippen LogP contribution in [0.4, 0.5) is 4.39 Å². The van der Waals surface area contributed by atoms with Crippen LogP contribution in [-0.2, 0) is 0 Å². The third-order valence-electron chi connectivity index (χ3n) is 2.23. The maximum Gasteiger partial charge on any atom is 0.165 e. The van der Waals surface area contributed by atoms with E-state index in [-0.39, 0.29) is 17.8 Å². The first-order valence-corrected chi connectivity index (χ1v) is 4.89. The van der Waals surface area contributed by atoms with Gasteiger partial charge in [-0.05, 0) is 31.0 Å². The number of benzene rings is 1. The fourth-order valence-electron chi connectivity index (χ4n) is 1.45. The Bertz CT molecular complexity index is 328. The summed E-state index contributed by atoms with van der Waals surface area (Å²) in [6.45, 7) is 1.87. The summed E-state index contributed by atoms with van der Waals surface area (Å²) in [5.74, 6) is -0.165. The number of ether oxygens (including phenoxy) is 1. The molecule has 84 valence electrons. The van der Waals surface area contributed by atoms with Gasteiger partial charge in [0.05, 0.1) is 7.11 Å². The molecular weight excluding hydrogens is 195 g/mol. The minimum atomic E-state index is -0.393. The van der Waals surface area contributed by atoms with Crippen LogP contribution >= 0.6 is 0 Å². The Hall–Kier alpha value is -1.13. The predicted octanol–water partition coefficient (Wildman–Crippen LogP) is 1.57. The van der Waals surface area contributed by atoms with Crippen LogP contribution in [0.3, 0.4) is 0 Å². The van der Waals surface area contributed by atoms with E-state index in [2.05, 4.69) is 0 Å². The Labute approximate surface area is 89.2 Å². The third-order valence-corrected chi connectivity index (χ3v) is 2.23. The van der Waals surface area contributed by atoms with Gasteiger partial charge in [-0.1, -0.05) is 6.07 Å². The Morgan fingerprint density at radius 2 is 2.07 bits per heavy atom. The number of hydrogen-bond donors (Lipinski definition) is 2. The van der Waals surface area contributed by atoms with Crippen molar-refractivity contribution in [2.75, 3.05) is 7.11 Å². The lowest BCUT2D eigenvalue weighted by atomic mass is 10.0. The predicted molar refractivity (Wildman–Crippen MR) is 58.1 cm³/mol. The minimum absolute atomic E-state index is 0.00478. The molecule has 0 spiro atoms. The van der Waals surface area contributed by atoms with Crippen molar-refractivity contribution in [1.82, 2.24) is 0 Å². The van der Waals surface area contributed by atoms with Crippen molar-refractivity contribution in [2.45, 2.75) is 25.4 Å². The molecule has 0 aliphatic heterocycles. The molecule has 0 amide bonds. The van der Waals surface area contributed by atoms with E-state index in [4.69, 9.17) is 16.2 Å². The number of nitrogens with two attached hydrogens (primary N) is 2. The van der Waals surface area contributed by atoms with Crippen LogP contribution in [-0.4, -0.2) is 13.2 Å². The Kier molecular flexibility index (Phi) is 4.05. The summed E-state index contributed by atoms with van der Waals surface area (Å²) >= 11 is 0. The van der Waals surface area contributed by atoms with E-state index in [1.165, 1.54) is 13.2 Å². The molecule has 0 heterocycles. The minimum Gasteiger partial charge on any atom is -0.494 e. The standard InChI is InChI=1S/C11H17FN2O/c1-7(13)5-10(14)8-3-4-11(15-2)9(12)6-8/h3-4,6-7,10H,5,13-14H2,1-2H3. The molecule has 0 aliphatic rings. The van der Waals surface area contributed by atoms with Gasteiger partial charge in [-0.15, -0.1) is 0 Å². The average Bonchev–Trinajstić information content (AvgIpc) is 2.16. The second-order valence-corrected chi connectivity index (χ2v) is 3.71. The van der Waals surface area contributed by atoms with Crippen molar-refractivity contribution in [3.05, 3.63) is 29.6 Å². The van der Waals surface area contributed by atoms with Crippen LogP contribution in [0, 0.1) is 5.82 Å². The maximum absolute atomic E-state index is 13.3. The number of hydrogen-bond acceptors (Lipinski definition) is 3. The topological polar surface area (TPSA) is 61.3 Å². The lowest BCUT2D eigenvalue weighted by Gasteiger charge is -2.15. The molecule has 1 rings (SSSR count). The van der Waals surface area contributed by atoms with E-state index in [0.717, 1.165) is 5.56 Å². The lowest BCUT2D eigenvalue weighted by Crippen LogP contribution is -2.23. The highest BCUT2D eigenvalue weighted by atomic mass is 19.1. The van der Waals surface area contributed by atoms with Gasteiger partial charge in [-0.2, -0.15) is 0 Å². The van der Waals surface area contributed by atoms with E-state index in [9.17, 15) is 4.39 Å². The molecule has 0 aromatic heterocycles. The van der Waals surface area contributed by atoms with E-state index in [1.807, 2.05) is 6.92 Å². The highest BCUT2D eigenvalue weighted by molar-refractivity contribution is 5.30. The second kappa shape index (κ2) is 5.09. The third kappa shape index (κ3) is 3.18. The van der Waals surface area contributed by atoms with Crippen molar-refractivity contribution >= 4 is 0 Å². The average molecular weight is 212 g/mol. The summed E-state index contributed by atoms with van der Waals surface area (Å²) in [4.78, 5) is 0. The molecule has 2 unspecified atom stereocenters. The molecule has 0 fully saturated rings. The molecule has 4 N–H and O–H groups in total. The van der Waals surface area contributed by atoms with Crippen LogP contribution in [0.15, 0.2) is 18.2 Å². The summed E-state index contributed by atoms with van der Waals surface area (Å²) < 4.78 is 18.2. The zero-order valence-corrected chi connectivity index (χ0v) is 9.03. The zero-order chi connectivity index (χ0) is 11.4. The molecular formula is C11H17FN2O. The fraction of sp³-hybridized carbons (Fsp3) is 0.455. The van der Waals surface area contributed by atoms with E-state index < -0.39 is 5.82 Å². The molecule has 0 aliphatic carbocycles. The summed E-state index contributed by atoms with van der Waals surface area (Å²) in [5.41, 5.74) is 12.2. The Morgan fingerprint density at radius 1 is 1.40 bits per heavy atom. The summed E-state index contributed by atoms with van der Waals surface area (Å²) in [6, 6.07) is 4.50. The molecule has 0 saturated carbocycles. The normalized spacial score (nSPS) is 14.7. The Morgan fingerprint density at radius 3 is 2.53 bits per heavy atom. The van der Waals surface area contributed by atoms with Crippen LogP contribution in [0.1, 0.15) is 24.9 Å². The first-order chi connectivity index (χ1) is 7.04. The molecule has 1 aromatic carbocycles. The number of methoxy groups -OCH3 is 1. The van der Waals surface area contributed by atoms with Crippen LogP contribution in [0.5, 0.6) is 5.75 Å². The van der Waals surface area contributed by atoms with Crippen molar-refractivity contribution in [2.24, 2.45) is 11.5 Å². The van der Waals surface area contributed by atoms with Gasteiger partial charge in [0.15, 0.2) is 11.6 Å². The van der Waals surface area contributed by atoms with Gasteiger partial charge in [-0.25, -0.2) is 4.39 Å². The highest BCUT2D eigenvalue weighted by Crippen LogP contribution is 2.22. The number of rotatable bonds is 4. The van der Waals surface area contributed by atoms with Crippen molar-refractivity contribution in [3.8, 4) is 5.75 Å². The van der Waals surface area contributed by atoms with Crippen LogP contribution in [0.25, 0.3) is 0 Å². The lowest BCUT2D eigenvalue weighted by molar-refractivity contribution is 0.385. The van der Waals surface area contributed by atoms with E-state index in [0.29, 0.717) is 6.42 Å². The zero-order valence-electron chi connectivity index (χ0n) is 9.03. The maximum atomic E-state index is 13.3. The molecule has 15 heavy (non-hydrogen) atoms. The fourth-order valence-corrected chi connectivity index (χ4v) is 1.45. The first kappa shape index (κ1) is 11.9. The van der Waals surface area contributed by atoms with Gasteiger partial charge in [0, 0.05) is 12.1 Å². The van der Waals surface area contributed by atoms with Crippen molar-refractivity contribution < 1.29 is 9.13 Å². The van der Waals surface area contributed by atoms with Crippen LogP contribution < -0.4 is 16.2 Å². The molecule has 3 nitrogen and oxygen atoms in total. The smallest absolute Gasteiger partial charge is 0.165 e.